The number of rotatable bonds is 8. The molecule has 0 saturated heterocycles. The molecule has 0 atom stereocenters. The van der Waals surface area contributed by atoms with Crippen molar-refractivity contribution in [3.8, 4) is 0 Å². The van der Waals surface area contributed by atoms with Crippen LogP contribution in [-0.2, 0) is 20.9 Å². The first-order valence-corrected chi connectivity index (χ1v) is 7.89. The summed E-state index contributed by atoms with van der Waals surface area (Å²) in [5.74, 6) is 0.446. The van der Waals surface area contributed by atoms with Gasteiger partial charge in [0.05, 0.1) is 0 Å². The van der Waals surface area contributed by atoms with E-state index < -0.39 is 5.97 Å². The molecule has 1 aromatic rings. The number of hydrogen-bond donors (Lipinski definition) is 1. The molecular formula is C18H27NO3. The molecule has 4 heteroatoms. The zero-order valence-electron chi connectivity index (χ0n) is 14.0. The Kier molecular flexibility index (Phi) is 7.64. The SMILES string of the molecule is CC(C)CCC(=O)NCC(=O)OCc1ccc(C(C)C)cc1. The summed E-state index contributed by atoms with van der Waals surface area (Å²) in [6.07, 6.45) is 1.27. The first kappa shape index (κ1) is 18.2. The molecule has 0 spiro atoms. The average molecular weight is 305 g/mol. The highest BCUT2D eigenvalue weighted by molar-refractivity contribution is 5.81. The van der Waals surface area contributed by atoms with Crippen molar-refractivity contribution < 1.29 is 14.3 Å². The van der Waals surface area contributed by atoms with Crippen LogP contribution < -0.4 is 5.32 Å². The van der Waals surface area contributed by atoms with Gasteiger partial charge in [0, 0.05) is 6.42 Å². The third-order valence-electron chi connectivity index (χ3n) is 3.42. The van der Waals surface area contributed by atoms with Gasteiger partial charge in [-0.3, -0.25) is 9.59 Å². The normalized spacial score (nSPS) is 10.8. The van der Waals surface area contributed by atoms with Gasteiger partial charge in [-0.05, 0) is 29.4 Å². The fourth-order valence-electron chi connectivity index (χ4n) is 1.89. The quantitative estimate of drug-likeness (QED) is 0.749. The summed E-state index contributed by atoms with van der Waals surface area (Å²) in [7, 11) is 0. The molecule has 0 aliphatic heterocycles. The van der Waals surface area contributed by atoms with Crippen molar-refractivity contribution in [2.45, 2.75) is 53.1 Å². The van der Waals surface area contributed by atoms with Crippen LogP contribution in [0.3, 0.4) is 0 Å². The summed E-state index contributed by atoms with van der Waals surface area (Å²) in [6.45, 7) is 8.56. The molecule has 0 aliphatic rings. The highest BCUT2D eigenvalue weighted by Crippen LogP contribution is 2.15. The van der Waals surface area contributed by atoms with Crippen LogP contribution in [0.25, 0.3) is 0 Å². The number of hydrogen-bond acceptors (Lipinski definition) is 3. The van der Waals surface area contributed by atoms with Crippen LogP contribution in [0.1, 0.15) is 57.6 Å². The minimum absolute atomic E-state index is 0.0684. The molecule has 1 rings (SSSR count). The van der Waals surface area contributed by atoms with E-state index in [1.54, 1.807) is 0 Å². The monoisotopic (exact) mass is 305 g/mol. The Morgan fingerprint density at radius 3 is 2.27 bits per heavy atom. The summed E-state index contributed by atoms with van der Waals surface area (Å²) >= 11 is 0. The van der Waals surface area contributed by atoms with E-state index in [-0.39, 0.29) is 19.1 Å². The van der Waals surface area contributed by atoms with Crippen LogP contribution in [0.5, 0.6) is 0 Å². The molecule has 1 aromatic carbocycles. The van der Waals surface area contributed by atoms with Crippen molar-refractivity contribution in [2.24, 2.45) is 5.92 Å². The van der Waals surface area contributed by atoms with Crippen LogP contribution in [-0.4, -0.2) is 18.4 Å². The van der Waals surface area contributed by atoms with Gasteiger partial charge in [-0.1, -0.05) is 52.0 Å². The minimum atomic E-state index is -0.411. The van der Waals surface area contributed by atoms with Crippen molar-refractivity contribution in [3.63, 3.8) is 0 Å². The molecular weight excluding hydrogens is 278 g/mol. The molecule has 0 heterocycles. The zero-order valence-corrected chi connectivity index (χ0v) is 14.0. The van der Waals surface area contributed by atoms with Crippen molar-refractivity contribution in [2.75, 3.05) is 6.54 Å². The maximum atomic E-state index is 11.6. The van der Waals surface area contributed by atoms with Crippen LogP contribution in [0.4, 0.5) is 0 Å². The van der Waals surface area contributed by atoms with Crippen LogP contribution in [0.2, 0.25) is 0 Å². The molecule has 0 fully saturated rings. The Labute approximate surface area is 133 Å². The average Bonchev–Trinajstić information content (AvgIpc) is 2.49. The smallest absolute Gasteiger partial charge is 0.325 e. The van der Waals surface area contributed by atoms with Crippen molar-refractivity contribution in [1.29, 1.82) is 0 Å². The Bertz CT molecular complexity index is 478. The van der Waals surface area contributed by atoms with Crippen LogP contribution in [0, 0.1) is 5.92 Å². The van der Waals surface area contributed by atoms with Gasteiger partial charge in [-0.25, -0.2) is 0 Å². The van der Waals surface area contributed by atoms with Gasteiger partial charge in [0.25, 0.3) is 0 Å². The molecule has 0 radical (unpaired) electrons. The Balaban J connectivity index is 2.26. The van der Waals surface area contributed by atoms with Gasteiger partial charge in [-0.2, -0.15) is 0 Å². The molecule has 0 aliphatic carbocycles. The minimum Gasteiger partial charge on any atom is -0.460 e. The summed E-state index contributed by atoms with van der Waals surface area (Å²) in [5, 5.41) is 2.58. The van der Waals surface area contributed by atoms with Gasteiger partial charge >= 0.3 is 5.97 Å². The second-order valence-electron chi connectivity index (χ2n) is 6.27. The predicted molar refractivity (Wildman–Crippen MR) is 87.4 cm³/mol. The molecule has 1 amide bonds. The standard InChI is InChI=1S/C18H27NO3/c1-13(2)5-10-17(20)19-11-18(21)22-12-15-6-8-16(9-7-15)14(3)4/h6-9,13-14H,5,10-12H2,1-4H3,(H,19,20). The number of amides is 1. The lowest BCUT2D eigenvalue weighted by atomic mass is 10.0. The van der Waals surface area contributed by atoms with Gasteiger partial charge < -0.3 is 10.1 Å². The molecule has 4 nitrogen and oxygen atoms in total. The number of ether oxygens (including phenoxy) is 1. The number of carbonyl (C=O) groups is 2. The molecule has 122 valence electrons. The lowest BCUT2D eigenvalue weighted by Gasteiger charge is -2.09. The van der Waals surface area contributed by atoms with E-state index in [4.69, 9.17) is 4.74 Å². The number of nitrogens with one attached hydrogen (secondary N) is 1. The number of esters is 1. The Morgan fingerprint density at radius 1 is 1.09 bits per heavy atom. The maximum absolute atomic E-state index is 11.6. The molecule has 0 aromatic heterocycles. The second kappa shape index (κ2) is 9.23. The number of carbonyl (C=O) groups excluding carboxylic acids is 2. The van der Waals surface area contributed by atoms with E-state index in [9.17, 15) is 9.59 Å². The molecule has 1 N–H and O–H groups in total. The van der Waals surface area contributed by atoms with E-state index in [1.165, 1.54) is 5.56 Å². The molecule has 0 saturated carbocycles. The zero-order chi connectivity index (χ0) is 16.5. The largest absolute Gasteiger partial charge is 0.460 e. The summed E-state index contributed by atoms with van der Waals surface area (Å²) in [5.41, 5.74) is 2.20. The third-order valence-corrected chi connectivity index (χ3v) is 3.42. The van der Waals surface area contributed by atoms with E-state index in [0.717, 1.165) is 12.0 Å². The summed E-state index contributed by atoms with van der Waals surface area (Å²) in [6, 6.07) is 8.01. The van der Waals surface area contributed by atoms with E-state index in [0.29, 0.717) is 18.3 Å². The topological polar surface area (TPSA) is 55.4 Å². The third kappa shape index (κ3) is 7.25. The fourth-order valence-corrected chi connectivity index (χ4v) is 1.89. The fraction of sp³-hybridized carbons (Fsp3) is 0.556. The maximum Gasteiger partial charge on any atom is 0.325 e. The van der Waals surface area contributed by atoms with E-state index in [2.05, 4.69) is 33.0 Å². The van der Waals surface area contributed by atoms with Crippen molar-refractivity contribution in [3.05, 3.63) is 35.4 Å². The molecule has 22 heavy (non-hydrogen) atoms. The molecule has 0 bridgehead atoms. The first-order valence-electron chi connectivity index (χ1n) is 7.89. The van der Waals surface area contributed by atoms with Crippen LogP contribution >= 0.6 is 0 Å². The summed E-state index contributed by atoms with van der Waals surface area (Å²) in [4.78, 5) is 23.1. The predicted octanol–water partition coefficient (Wildman–Crippen LogP) is 3.41. The van der Waals surface area contributed by atoms with E-state index in [1.807, 2.05) is 24.3 Å². The van der Waals surface area contributed by atoms with Gasteiger partial charge in [0.15, 0.2) is 0 Å². The van der Waals surface area contributed by atoms with Gasteiger partial charge in [-0.15, -0.1) is 0 Å². The lowest BCUT2D eigenvalue weighted by Crippen LogP contribution is -2.30. The second-order valence-corrected chi connectivity index (χ2v) is 6.27. The van der Waals surface area contributed by atoms with E-state index >= 15 is 0 Å². The summed E-state index contributed by atoms with van der Waals surface area (Å²) < 4.78 is 5.15. The van der Waals surface area contributed by atoms with Crippen LogP contribution in [0.15, 0.2) is 24.3 Å². The first-order chi connectivity index (χ1) is 10.4. The number of benzene rings is 1. The van der Waals surface area contributed by atoms with Gasteiger partial charge in [0.1, 0.15) is 13.2 Å². The van der Waals surface area contributed by atoms with Crippen molar-refractivity contribution >= 4 is 11.9 Å². The highest BCUT2D eigenvalue weighted by atomic mass is 16.5. The highest BCUT2D eigenvalue weighted by Gasteiger charge is 2.08. The Morgan fingerprint density at radius 2 is 1.73 bits per heavy atom. The van der Waals surface area contributed by atoms with Crippen molar-refractivity contribution in [1.82, 2.24) is 5.32 Å². The lowest BCUT2D eigenvalue weighted by molar-refractivity contribution is -0.145. The van der Waals surface area contributed by atoms with Gasteiger partial charge in [0.2, 0.25) is 5.91 Å². The Hall–Kier alpha value is -1.84. The molecule has 0 unspecified atom stereocenters.